The second-order valence-electron chi connectivity index (χ2n) is 4.05. The molecule has 1 unspecified atom stereocenters. The summed E-state index contributed by atoms with van der Waals surface area (Å²) in [6.45, 7) is 5.76. The zero-order valence-corrected chi connectivity index (χ0v) is 8.16. The maximum Gasteiger partial charge on any atom is 0.130 e. The fraction of sp³-hybridized carbons (Fsp3) is 0.455. The molecule has 0 amide bonds. The highest BCUT2D eigenvalue weighted by Gasteiger charge is 2.40. The molecule has 0 aromatic rings. The van der Waals surface area contributed by atoms with Gasteiger partial charge in [-0.25, -0.2) is 0 Å². The molecule has 1 N–H and O–H groups in total. The Balaban J connectivity index is 2.51. The zero-order chi connectivity index (χ0) is 9.64. The molecule has 1 aliphatic carbocycles. The number of allylic oxidation sites excluding steroid dienone is 2. The number of aliphatic hydroxyl groups excluding tert-OH is 1. The van der Waals surface area contributed by atoms with E-state index >= 15 is 0 Å². The minimum absolute atomic E-state index is 0.0556. The van der Waals surface area contributed by atoms with Crippen LogP contribution in [0.1, 0.15) is 20.8 Å². The quantitative estimate of drug-likeness (QED) is 0.617. The van der Waals surface area contributed by atoms with Gasteiger partial charge in [-0.3, -0.25) is 0 Å². The Morgan fingerprint density at radius 3 is 2.77 bits per heavy atom. The molecule has 1 aliphatic heterocycles. The predicted octanol–water partition coefficient (Wildman–Crippen LogP) is 2.49. The van der Waals surface area contributed by atoms with Crippen LogP contribution in [0.15, 0.2) is 35.1 Å². The number of rotatable bonds is 0. The molecule has 0 radical (unpaired) electrons. The largest absolute Gasteiger partial charge is 0.509 e. The number of fused-ring (bicyclic) bond motifs is 1. The van der Waals surface area contributed by atoms with Crippen LogP contribution in [0.3, 0.4) is 0 Å². The lowest BCUT2D eigenvalue weighted by atomic mass is 9.94. The minimum Gasteiger partial charge on any atom is -0.509 e. The molecule has 0 fully saturated rings. The number of ether oxygens (including phenoxy) is 1. The Morgan fingerprint density at radius 1 is 1.46 bits per heavy atom. The smallest absolute Gasteiger partial charge is 0.130 e. The first kappa shape index (κ1) is 8.57. The molecule has 0 aromatic carbocycles. The first-order chi connectivity index (χ1) is 6.02. The minimum atomic E-state index is -0.538. The molecule has 0 saturated carbocycles. The van der Waals surface area contributed by atoms with Crippen LogP contribution in [0.5, 0.6) is 0 Å². The molecule has 13 heavy (non-hydrogen) atoms. The second kappa shape index (κ2) is 2.48. The van der Waals surface area contributed by atoms with Crippen molar-refractivity contribution in [3.05, 3.63) is 35.1 Å². The van der Waals surface area contributed by atoms with Gasteiger partial charge in [-0.15, -0.1) is 0 Å². The third-order valence-electron chi connectivity index (χ3n) is 2.59. The molecule has 0 bridgehead atoms. The number of aliphatic hydroxyl groups is 1. The van der Waals surface area contributed by atoms with Gasteiger partial charge in [0, 0.05) is 5.57 Å². The summed E-state index contributed by atoms with van der Waals surface area (Å²) in [6.07, 6.45) is 5.87. The lowest BCUT2D eigenvalue weighted by Crippen LogP contribution is -2.24. The van der Waals surface area contributed by atoms with Crippen molar-refractivity contribution in [3.63, 3.8) is 0 Å². The Hall–Kier alpha value is -1.02. The molecule has 1 atom stereocenters. The van der Waals surface area contributed by atoms with Gasteiger partial charge >= 0.3 is 0 Å². The second-order valence-corrected chi connectivity index (χ2v) is 4.05. The van der Waals surface area contributed by atoms with Crippen molar-refractivity contribution in [1.82, 2.24) is 0 Å². The predicted molar refractivity (Wildman–Crippen MR) is 51.5 cm³/mol. The molecule has 0 aromatic heterocycles. The summed E-state index contributed by atoms with van der Waals surface area (Å²) in [5, 5.41) is 9.90. The van der Waals surface area contributed by atoms with Gasteiger partial charge in [0.05, 0.1) is 0 Å². The van der Waals surface area contributed by atoms with E-state index in [1.807, 2.05) is 39.0 Å². The van der Waals surface area contributed by atoms with Crippen LogP contribution in [0.4, 0.5) is 0 Å². The van der Waals surface area contributed by atoms with E-state index in [0.29, 0.717) is 5.76 Å². The summed E-state index contributed by atoms with van der Waals surface area (Å²) in [7, 11) is 0. The monoisotopic (exact) mass is 178 g/mol. The lowest BCUT2D eigenvalue weighted by molar-refractivity contribution is -0.00487. The standard InChI is InChI=1S/C11H14O2/c1-7-5-4-6-8-9(7)10(12)11(2,3)13-8/h4-6,8,12H,1-3H3. The molecular weight excluding hydrogens is 164 g/mol. The van der Waals surface area contributed by atoms with Crippen LogP contribution in [0, 0.1) is 0 Å². The molecule has 2 nitrogen and oxygen atoms in total. The average Bonchev–Trinajstić information content (AvgIpc) is 2.24. The van der Waals surface area contributed by atoms with E-state index in [-0.39, 0.29) is 6.10 Å². The van der Waals surface area contributed by atoms with Crippen LogP contribution in [0.2, 0.25) is 0 Å². The molecule has 2 rings (SSSR count). The first-order valence-electron chi connectivity index (χ1n) is 4.49. The maximum atomic E-state index is 9.90. The topological polar surface area (TPSA) is 29.5 Å². The van der Waals surface area contributed by atoms with Crippen molar-refractivity contribution < 1.29 is 9.84 Å². The summed E-state index contributed by atoms with van der Waals surface area (Å²) in [6, 6.07) is 0. The highest BCUT2D eigenvalue weighted by Crippen LogP contribution is 2.39. The third-order valence-corrected chi connectivity index (χ3v) is 2.59. The van der Waals surface area contributed by atoms with Crippen LogP contribution >= 0.6 is 0 Å². The summed E-state index contributed by atoms with van der Waals surface area (Å²) in [5.41, 5.74) is 1.49. The first-order valence-corrected chi connectivity index (χ1v) is 4.49. The average molecular weight is 178 g/mol. The van der Waals surface area contributed by atoms with E-state index in [4.69, 9.17) is 4.74 Å². The van der Waals surface area contributed by atoms with Gasteiger partial charge < -0.3 is 9.84 Å². The fourth-order valence-corrected chi connectivity index (χ4v) is 1.83. The van der Waals surface area contributed by atoms with Gasteiger partial charge in [0.1, 0.15) is 17.5 Å². The SMILES string of the molecule is CC1=CC=CC2OC(C)(C)C(O)=C12. The maximum absolute atomic E-state index is 9.90. The Labute approximate surface area is 78.2 Å². The van der Waals surface area contributed by atoms with Crippen molar-refractivity contribution in [2.24, 2.45) is 0 Å². The number of hydrogen-bond donors (Lipinski definition) is 1. The van der Waals surface area contributed by atoms with Crippen molar-refractivity contribution in [1.29, 1.82) is 0 Å². The van der Waals surface area contributed by atoms with Gasteiger partial charge in [0.25, 0.3) is 0 Å². The van der Waals surface area contributed by atoms with Gasteiger partial charge in [0.2, 0.25) is 0 Å². The van der Waals surface area contributed by atoms with Crippen molar-refractivity contribution >= 4 is 0 Å². The molecule has 1 heterocycles. The highest BCUT2D eigenvalue weighted by atomic mass is 16.5. The normalized spacial score (nSPS) is 30.4. The zero-order valence-electron chi connectivity index (χ0n) is 8.16. The fourth-order valence-electron chi connectivity index (χ4n) is 1.83. The number of hydrogen-bond acceptors (Lipinski definition) is 2. The summed E-state index contributed by atoms with van der Waals surface area (Å²) in [4.78, 5) is 0. The summed E-state index contributed by atoms with van der Waals surface area (Å²) in [5.74, 6) is 0.371. The summed E-state index contributed by atoms with van der Waals surface area (Å²) < 4.78 is 5.68. The Morgan fingerprint density at radius 2 is 2.15 bits per heavy atom. The van der Waals surface area contributed by atoms with Crippen LogP contribution in [0.25, 0.3) is 0 Å². The van der Waals surface area contributed by atoms with Gasteiger partial charge in [-0.2, -0.15) is 0 Å². The van der Waals surface area contributed by atoms with E-state index < -0.39 is 5.60 Å². The van der Waals surface area contributed by atoms with Crippen molar-refractivity contribution in [2.45, 2.75) is 32.5 Å². The van der Waals surface area contributed by atoms with Crippen LogP contribution in [-0.2, 0) is 4.74 Å². The van der Waals surface area contributed by atoms with Crippen LogP contribution in [-0.4, -0.2) is 16.8 Å². The van der Waals surface area contributed by atoms with E-state index in [9.17, 15) is 5.11 Å². The Bertz CT molecular complexity index is 332. The van der Waals surface area contributed by atoms with E-state index in [1.165, 1.54) is 0 Å². The van der Waals surface area contributed by atoms with Crippen molar-refractivity contribution in [3.8, 4) is 0 Å². The Kier molecular flexibility index (Phi) is 1.64. The van der Waals surface area contributed by atoms with Gasteiger partial charge in [-0.1, -0.05) is 18.2 Å². The lowest BCUT2D eigenvalue weighted by Gasteiger charge is -2.19. The van der Waals surface area contributed by atoms with Crippen molar-refractivity contribution in [2.75, 3.05) is 0 Å². The van der Waals surface area contributed by atoms with E-state index in [1.54, 1.807) is 0 Å². The highest BCUT2D eigenvalue weighted by molar-refractivity contribution is 5.47. The summed E-state index contributed by atoms with van der Waals surface area (Å²) >= 11 is 0. The third kappa shape index (κ3) is 1.13. The molecule has 2 aliphatic rings. The molecular formula is C11H14O2. The van der Waals surface area contributed by atoms with Gasteiger partial charge in [0.15, 0.2) is 0 Å². The van der Waals surface area contributed by atoms with E-state index in [2.05, 4.69) is 0 Å². The van der Waals surface area contributed by atoms with Crippen LogP contribution < -0.4 is 0 Å². The molecule has 2 heteroatoms. The molecule has 70 valence electrons. The van der Waals surface area contributed by atoms with Gasteiger partial charge in [-0.05, 0) is 26.3 Å². The molecule has 0 spiro atoms. The van der Waals surface area contributed by atoms with E-state index in [0.717, 1.165) is 11.1 Å². The molecule has 0 saturated heterocycles.